The van der Waals surface area contributed by atoms with Crippen LogP contribution in [-0.2, 0) is 10.2 Å². The molecule has 2 aromatic carbocycles. The molecule has 1 amide bonds. The fraction of sp³-hybridized carbons (Fsp3) is 0.316. The molecule has 23 heavy (non-hydrogen) atoms. The summed E-state index contributed by atoms with van der Waals surface area (Å²) in [5, 5.41) is 3.27. The Kier molecular flexibility index (Phi) is 5.32. The minimum atomic E-state index is -0.619. The predicted octanol–water partition coefficient (Wildman–Crippen LogP) is 5.04. The Labute approximate surface area is 142 Å². The summed E-state index contributed by atoms with van der Waals surface area (Å²) in [6.07, 6.45) is -0.619. The maximum Gasteiger partial charge on any atom is 0.265 e. The number of hydrogen-bond acceptors (Lipinski definition) is 2. The smallest absolute Gasteiger partial charge is 0.265 e. The number of carbonyl (C=O) groups excluding carboxylic acids is 1. The number of halogens is 1. The van der Waals surface area contributed by atoms with Gasteiger partial charge in [0.15, 0.2) is 6.10 Å². The van der Waals surface area contributed by atoms with Crippen LogP contribution in [-0.4, -0.2) is 12.0 Å². The molecular weight excluding hydrogens is 310 g/mol. The summed E-state index contributed by atoms with van der Waals surface area (Å²) in [5.74, 6) is 0.429. The van der Waals surface area contributed by atoms with E-state index < -0.39 is 6.10 Å². The molecule has 3 nitrogen and oxygen atoms in total. The zero-order valence-electron chi connectivity index (χ0n) is 13.9. The van der Waals surface area contributed by atoms with E-state index in [4.69, 9.17) is 16.3 Å². The van der Waals surface area contributed by atoms with Crippen LogP contribution in [0.15, 0.2) is 48.5 Å². The highest BCUT2D eigenvalue weighted by Crippen LogP contribution is 2.25. The molecule has 0 saturated carbocycles. The molecule has 0 radical (unpaired) electrons. The van der Waals surface area contributed by atoms with E-state index in [9.17, 15) is 4.79 Å². The Bertz CT molecular complexity index is 675. The largest absolute Gasteiger partial charge is 0.481 e. The second kappa shape index (κ2) is 7.05. The number of benzene rings is 2. The van der Waals surface area contributed by atoms with Gasteiger partial charge in [-0.25, -0.2) is 0 Å². The van der Waals surface area contributed by atoms with E-state index in [0.717, 1.165) is 0 Å². The van der Waals surface area contributed by atoms with Gasteiger partial charge >= 0.3 is 0 Å². The van der Waals surface area contributed by atoms with E-state index in [1.54, 1.807) is 19.1 Å². The van der Waals surface area contributed by atoms with Crippen molar-refractivity contribution in [3.8, 4) is 5.75 Å². The molecule has 0 bridgehead atoms. The summed E-state index contributed by atoms with van der Waals surface area (Å²) in [6, 6.07) is 14.9. The number of para-hydroxylation sites is 1. The third kappa shape index (κ3) is 4.73. The molecule has 0 aliphatic carbocycles. The lowest BCUT2D eigenvalue weighted by Gasteiger charge is -2.20. The average Bonchev–Trinajstić information content (AvgIpc) is 2.49. The third-order valence-corrected chi connectivity index (χ3v) is 3.86. The lowest BCUT2D eigenvalue weighted by Crippen LogP contribution is -2.30. The summed E-state index contributed by atoms with van der Waals surface area (Å²) in [6.45, 7) is 8.18. The van der Waals surface area contributed by atoms with Crippen LogP contribution >= 0.6 is 11.6 Å². The van der Waals surface area contributed by atoms with E-state index in [-0.39, 0.29) is 11.3 Å². The lowest BCUT2D eigenvalue weighted by atomic mass is 9.87. The van der Waals surface area contributed by atoms with Crippen molar-refractivity contribution in [1.82, 2.24) is 0 Å². The first-order valence-corrected chi connectivity index (χ1v) is 7.98. The highest BCUT2D eigenvalue weighted by atomic mass is 35.5. The molecular formula is C19H22ClNO2. The monoisotopic (exact) mass is 331 g/mol. The van der Waals surface area contributed by atoms with Crippen LogP contribution in [0.1, 0.15) is 33.3 Å². The third-order valence-electron chi connectivity index (χ3n) is 3.53. The van der Waals surface area contributed by atoms with Crippen LogP contribution in [0.25, 0.3) is 0 Å². The number of anilines is 1. The Morgan fingerprint density at radius 3 is 2.26 bits per heavy atom. The molecule has 2 rings (SSSR count). The highest BCUT2D eigenvalue weighted by Gasteiger charge is 2.17. The zero-order chi connectivity index (χ0) is 17.0. The molecule has 0 aromatic heterocycles. The lowest BCUT2D eigenvalue weighted by molar-refractivity contribution is -0.122. The minimum absolute atomic E-state index is 0.0889. The second-order valence-corrected chi connectivity index (χ2v) is 6.91. The van der Waals surface area contributed by atoms with Gasteiger partial charge in [-0.15, -0.1) is 0 Å². The van der Waals surface area contributed by atoms with Crippen LogP contribution in [0.3, 0.4) is 0 Å². The van der Waals surface area contributed by atoms with Gasteiger partial charge in [0.2, 0.25) is 0 Å². The van der Waals surface area contributed by atoms with Gasteiger partial charge in [-0.05, 0) is 42.2 Å². The van der Waals surface area contributed by atoms with Crippen LogP contribution < -0.4 is 10.1 Å². The molecule has 2 aromatic rings. The van der Waals surface area contributed by atoms with E-state index in [0.29, 0.717) is 16.5 Å². The Hall–Kier alpha value is -2.00. The second-order valence-electron chi connectivity index (χ2n) is 6.50. The van der Waals surface area contributed by atoms with Crippen molar-refractivity contribution < 1.29 is 9.53 Å². The summed E-state index contributed by atoms with van der Waals surface area (Å²) < 4.78 is 5.70. The highest BCUT2D eigenvalue weighted by molar-refractivity contribution is 6.33. The molecule has 0 aliphatic rings. The van der Waals surface area contributed by atoms with Gasteiger partial charge in [0.1, 0.15) is 5.75 Å². The van der Waals surface area contributed by atoms with Crippen LogP contribution in [0.4, 0.5) is 5.69 Å². The fourth-order valence-corrected chi connectivity index (χ4v) is 2.27. The molecule has 0 spiro atoms. The van der Waals surface area contributed by atoms with Crippen molar-refractivity contribution in [2.75, 3.05) is 5.32 Å². The van der Waals surface area contributed by atoms with E-state index in [2.05, 4.69) is 26.1 Å². The van der Waals surface area contributed by atoms with Gasteiger partial charge in [0.25, 0.3) is 5.91 Å². The molecule has 4 heteroatoms. The fourth-order valence-electron chi connectivity index (χ4n) is 2.09. The van der Waals surface area contributed by atoms with Crippen LogP contribution in [0.5, 0.6) is 5.75 Å². The number of carbonyl (C=O) groups is 1. The number of hydrogen-bond donors (Lipinski definition) is 1. The number of ether oxygens (including phenoxy) is 1. The topological polar surface area (TPSA) is 38.3 Å². The Morgan fingerprint density at radius 2 is 1.70 bits per heavy atom. The normalized spacial score (nSPS) is 12.6. The van der Waals surface area contributed by atoms with Gasteiger partial charge in [0.05, 0.1) is 10.7 Å². The number of rotatable bonds is 4. The Morgan fingerprint density at radius 1 is 1.09 bits per heavy atom. The van der Waals surface area contributed by atoms with Gasteiger partial charge in [-0.1, -0.05) is 56.6 Å². The molecule has 0 unspecified atom stereocenters. The molecule has 122 valence electrons. The first-order valence-electron chi connectivity index (χ1n) is 7.60. The maximum atomic E-state index is 12.2. The van der Waals surface area contributed by atoms with E-state index >= 15 is 0 Å². The van der Waals surface area contributed by atoms with Crippen LogP contribution in [0, 0.1) is 0 Å². The van der Waals surface area contributed by atoms with Crippen molar-refractivity contribution in [2.24, 2.45) is 0 Å². The molecule has 1 atom stereocenters. The molecule has 0 fully saturated rings. The molecule has 0 aliphatic heterocycles. The summed E-state index contributed by atoms with van der Waals surface area (Å²) >= 11 is 6.04. The van der Waals surface area contributed by atoms with Crippen molar-refractivity contribution in [3.63, 3.8) is 0 Å². The predicted molar refractivity (Wildman–Crippen MR) is 95.3 cm³/mol. The summed E-state index contributed by atoms with van der Waals surface area (Å²) in [7, 11) is 0. The average molecular weight is 332 g/mol. The van der Waals surface area contributed by atoms with Gasteiger partial charge in [-0.2, -0.15) is 0 Å². The molecule has 1 N–H and O–H groups in total. The quantitative estimate of drug-likeness (QED) is 0.852. The van der Waals surface area contributed by atoms with Crippen LogP contribution in [0.2, 0.25) is 5.02 Å². The summed E-state index contributed by atoms with van der Waals surface area (Å²) in [5.41, 5.74) is 1.89. The van der Waals surface area contributed by atoms with Crippen molar-refractivity contribution >= 4 is 23.2 Å². The minimum Gasteiger partial charge on any atom is -0.481 e. The van der Waals surface area contributed by atoms with Gasteiger partial charge in [0, 0.05) is 0 Å². The zero-order valence-corrected chi connectivity index (χ0v) is 14.6. The van der Waals surface area contributed by atoms with Crippen molar-refractivity contribution in [1.29, 1.82) is 0 Å². The SMILES string of the molecule is C[C@H](Oc1ccc(C(C)(C)C)cc1)C(=O)Nc1ccccc1Cl. The standard InChI is InChI=1S/C19H22ClNO2/c1-13(18(22)21-17-8-6-5-7-16(17)20)23-15-11-9-14(10-12-15)19(2,3)4/h5-13H,1-4H3,(H,21,22)/t13-/m0/s1. The Balaban J connectivity index is 2.00. The summed E-state index contributed by atoms with van der Waals surface area (Å²) in [4.78, 5) is 12.2. The van der Waals surface area contributed by atoms with Crippen molar-refractivity contribution in [2.45, 2.75) is 39.2 Å². The van der Waals surface area contributed by atoms with Crippen molar-refractivity contribution in [3.05, 3.63) is 59.1 Å². The maximum absolute atomic E-state index is 12.2. The first-order chi connectivity index (χ1) is 10.8. The van der Waals surface area contributed by atoms with Gasteiger partial charge < -0.3 is 10.1 Å². The van der Waals surface area contributed by atoms with Gasteiger partial charge in [-0.3, -0.25) is 4.79 Å². The van der Waals surface area contributed by atoms with E-state index in [1.165, 1.54) is 5.56 Å². The van der Waals surface area contributed by atoms with E-state index in [1.807, 2.05) is 36.4 Å². The molecule has 0 saturated heterocycles. The first kappa shape index (κ1) is 17.4. The number of nitrogens with one attached hydrogen (secondary N) is 1. The molecule has 0 heterocycles. The number of amides is 1.